The third-order valence-electron chi connectivity index (χ3n) is 2.66. The monoisotopic (exact) mass is 241 g/mol. The lowest BCUT2D eigenvalue weighted by Crippen LogP contribution is -2.09. The summed E-state index contributed by atoms with van der Waals surface area (Å²) in [6, 6.07) is 7.55. The molecule has 0 saturated carbocycles. The van der Waals surface area contributed by atoms with Crippen molar-refractivity contribution in [1.82, 2.24) is 10.2 Å². The summed E-state index contributed by atoms with van der Waals surface area (Å²) in [4.78, 5) is 11.9. The Labute approximate surface area is 103 Å². The Balaban J connectivity index is 1.92. The number of amides is 1. The van der Waals surface area contributed by atoms with Crippen molar-refractivity contribution in [2.45, 2.75) is 6.92 Å². The van der Waals surface area contributed by atoms with Crippen molar-refractivity contribution in [3.8, 4) is 0 Å². The zero-order chi connectivity index (χ0) is 12.5. The number of H-pyrrole nitrogens is 1. The molecular weight excluding hydrogens is 230 g/mol. The summed E-state index contributed by atoms with van der Waals surface area (Å²) in [5.41, 5.74) is 2.42. The average molecular weight is 241 g/mol. The Kier molecular flexibility index (Phi) is 2.37. The van der Waals surface area contributed by atoms with E-state index in [1.165, 1.54) is 6.20 Å². The second-order valence-corrected chi connectivity index (χ2v) is 4.09. The van der Waals surface area contributed by atoms with Gasteiger partial charge in [0.1, 0.15) is 5.58 Å². The van der Waals surface area contributed by atoms with Gasteiger partial charge in [0.05, 0.1) is 11.9 Å². The normalized spacial score (nSPS) is 10.7. The van der Waals surface area contributed by atoms with Crippen LogP contribution in [0.25, 0.3) is 11.0 Å². The molecule has 3 aromatic rings. The number of aromatic nitrogens is 2. The quantitative estimate of drug-likeness (QED) is 0.724. The summed E-state index contributed by atoms with van der Waals surface area (Å²) in [7, 11) is 0. The highest BCUT2D eigenvalue weighted by Crippen LogP contribution is 2.21. The molecule has 2 N–H and O–H groups in total. The van der Waals surface area contributed by atoms with Gasteiger partial charge < -0.3 is 9.73 Å². The summed E-state index contributed by atoms with van der Waals surface area (Å²) in [5.74, 6) is 0.00190. The van der Waals surface area contributed by atoms with Crippen LogP contribution in [0, 0.1) is 6.92 Å². The molecule has 0 fully saturated rings. The lowest BCUT2D eigenvalue weighted by Gasteiger charge is -1.97. The SMILES string of the molecule is Cc1ccc2cc(C(=O)Nc3cn[nH]c3)oc2c1. The molecule has 2 aromatic heterocycles. The maximum absolute atomic E-state index is 11.9. The number of carbonyl (C=O) groups excluding carboxylic acids is 1. The first-order chi connectivity index (χ1) is 8.72. The van der Waals surface area contributed by atoms with Crippen LogP contribution in [0.1, 0.15) is 16.1 Å². The lowest BCUT2D eigenvalue weighted by atomic mass is 10.2. The van der Waals surface area contributed by atoms with Crippen molar-refractivity contribution in [3.05, 3.63) is 48.0 Å². The molecule has 2 heterocycles. The highest BCUT2D eigenvalue weighted by molar-refractivity contribution is 6.04. The van der Waals surface area contributed by atoms with Gasteiger partial charge in [-0.15, -0.1) is 0 Å². The second kappa shape index (κ2) is 4.03. The maximum Gasteiger partial charge on any atom is 0.291 e. The van der Waals surface area contributed by atoms with Gasteiger partial charge in [-0.1, -0.05) is 12.1 Å². The fraction of sp³-hybridized carbons (Fsp3) is 0.0769. The standard InChI is InChI=1S/C13H11N3O2/c1-8-2-3-9-5-12(18-11(9)4-8)13(17)16-10-6-14-15-7-10/h2-7H,1H3,(H,14,15)(H,16,17). The molecule has 0 atom stereocenters. The van der Waals surface area contributed by atoms with Gasteiger partial charge in [0.25, 0.3) is 5.91 Å². The molecule has 3 rings (SSSR count). The van der Waals surface area contributed by atoms with Crippen LogP contribution < -0.4 is 5.32 Å². The summed E-state index contributed by atoms with van der Waals surface area (Å²) < 4.78 is 5.52. The van der Waals surface area contributed by atoms with Gasteiger partial charge in [-0.3, -0.25) is 9.89 Å². The van der Waals surface area contributed by atoms with Crippen molar-refractivity contribution in [3.63, 3.8) is 0 Å². The van der Waals surface area contributed by atoms with E-state index in [0.717, 1.165) is 10.9 Å². The zero-order valence-corrected chi connectivity index (χ0v) is 9.73. The Bertz CT molecular complexity index is 698. The smallest absolute Gasteiger partial charge is 0.291 e. The maximum atomic E-state index is 11.9. The van der Waals surface area contributed by atoms with Crippen molar-refractivity contribution in [2.75, 3.05) is 5.32 Å². The molecule has 0 unspecified atom stereocenters. The first kappa shape index (κ1) is 10.6. The van der Waals surface area contributed by atoms with E-state index in [1.807, 2.05) is 25.1 Å². The first-order valence-corrected chi connectivity index (χ1v) is 5.53. The van der Waals surface area contributed by atoms with Gasteiger partial charge >= 0.3 is 0 Å². The predicted molar refractivity (Wildman–Crippen MR) is 67.5 cm³/mol. The zero-order valence-electron chi connectivity index (χ0n) is 9.73. The number of benzene rings is 1. The van der Waals surface area contributed by atoms with Crippen LogP contribution >= 0.6 is 0 Å². The van der Waals surface area contributed by atoms with Gasteiger partial charge in [-0.05, 0) is 24.6 Å². The number of carbonyl (C=O) groups is 1. The molecule has 5 heteroatoms. The number of aryl methyl sites for hydroxylation is 1. The summed E-state index contributed by atoms with van der Waals surface area (Å²) in [6.07, 6.45) is 3.13. The molecule has 90 valence electrons. The van der Waals surface area contributed by atoms with Gasteiger partial charge in [-0.25, -0.2) is 0 Å². The number of fused-ring (bicyclic) bond motifs is 1. The molecule has 1 amide bonds. The molecule has 0 spiro atoms. The number of anilines is 1. The van der Waals surface area contributed by atoms with Gasteiger partial charge in [-0.2, -0.15) is 5.10 Å². The second-order valence-electron chi connectivity index (χ2n) is 4.09. The largest absolute Gasteiger partial charge is 0.451 e. The number of hydrogen-bond donors (Lipinski definition) is 2. The molecule has 0 bridgehead atoms. The van der Waals surface area contributed by atoms with Crippen LogP contribution in [-0.2, 0) is 0 Å². The molecule has 18 heavy (non-hydrogen) atoms. The summed E-state index contributed by atoms with van der Waals surface area (Å²) in [6.45, 7) is 1.98. The van der Waals surface area contributed by atoms with Crippen LogP contribution in [0.5, 0.6) is 0 Å². The van der Waals surface area contributed by atoms with E-state index in [9.17, 15) is 4.79 Å². The Morgan fingerprint density at radius 1 is 1.39 bits per heavy atom. The van der Waals surface area contributed by atoms with Crippen LogP contribution in [0.3, 0.4) is 0 Å². The number of nitrogens with one attached hydrogen (secondary N) is 2. The molecule has 1 aromatic carbocycles. The summed E-state index contributed by atoms with van der Waals surface area (Å²) >= 11 is 0. The first-order valence-electron chi connectivity index (χ1n) is 5.53. The molecule has 0 aliphatic rings. The topological polar surface area (TPSA) is 70.9 Å². The minimum absolute atomic E-state index is 0.287. The Morgan fingerprint density at radius 2 is 2.28 bits per heavy atom. The van der Waals surface area contributed by atoms with Crippen molar-refractivity contribution >= 4 is 22.6 Å². The number of aromatic amines is 1. The van der Waals surface area contributed by atoms with Crippen molar-refractivity contribution in [2.24, 2.45) is 0 Å². The van der Waals surface area contributed by atoms with Gasteiger partial charge in [0, 0.05) is 11.6 Å². The van der Waals surface area contributed by atoms with Crippen molar-refractivity contribution in [1.29, 1.82) is 0 Å². The third kappa shape index (κ3) is 1.86. The molecule has 0 aliphatic carbocycles. The molecule has 0 aliphatic heterocycles. The molecule has 5 nitrogen and oxygen atoms in total. The minimum Gasteiger partial charge on any atom is -0.451 e. The van der Waals surface area contributed by atoms with Crippen LogP contribution in [0.15, 0.2) is 41.1 Å². The van der Waals surface area contributed by atoms with E-state index in [-0.39, 0.29) is 11.7 Å². The van der Waals surface area contributed by atoms with Crippen molar-refractivity contribution < 1.29 is 9.21 Å². The fourth-order valence-electron chi connectivity index (χ4n) is 1.76. The average Bonchev–Trinajstić information content (AvgIpc) is 2.96. The minimum atomic E-state index is -0.287. The van der Waals surface area contributed by atoms with E-state index in [1.54, 1.807) is 12.3 Å². The van der Waals surface area contributed by atoms with Gasteiger partial charge in [0.15, 0.2) is 5.76 Å². The van der Waals surface area contributed by atoms with Crippen LogP contribution in [0.4, 0.5) is 5.69 Å². The number of furan rings is 1. The number of rotatable bonds is 2. The number of hydrogen-bond acceptors (Lipinski definition) is 3. The van der Waals surface area contributed by atoms with E-state index < -0.39 is 0 Å². The van der Waals surface area contributed by atoms with E-state index >= 15 is 0 Å². The Morgan fingerprint density at radius 3 is 3.06 bits per heavy atom. The van der Waals surface area contributed by atoms with Gasteiger partial charge in [0.2, 0.25) is 0 Å². The highest BCUT2D eigenvalue weighted by atomic mass is 16.3. The fourth-order valence-corrected chi connectivity index (χ4v) is 1.76. The lowest BCUT2D eigenvalue weighted by molar-refractivity contribution is 0.0998. The predicted octanol–water partition coefficient (Wildman–Crippen LogP) is 2.72. The van der Waals surface area contributed by atoms with E-state index in [2.05, 4.69) is 15.5 Å². The third-order valence-corrected chi connectivity index (χ3v) is 2.66. The molecule has 0 radical (unpaired) electrons. The van der Waals surface area contributed by atoms with Crippen LogP contribution in [0.2, 0.25) is 0 Å². The Hall–Kier alpha value is -2.56. The van der Waals surface area contributed by atoms with E-state index in [0.29, 0.717) is 11.3 Å². The molecular formula is C13H11N3O2. The molecule has 0 saturated heterocycles. The van der Waals surface area contributed by atoms with Crippen LogP contribution in [-0.4, -0.2) is 16.1 Å². The number of nitrogens with zero attached hydrogens (tertiary/aromatic N) is 1. The highest BCUT2D eigenvalue weighted by Gasteiger charge is 2.12. The van der Waals surface area contributed by atoms with E-state index in [4.69, 9.17) is 4.42 Å². The summed E-state index contributed by atoms with van der Waals surface area (Å²) in [5, 5.41) is 9.98.